The van der Waals surface area contributed by atoms with Gasteiger partial charge in [0.1, 0.15) is 0 Å². The molecule has 1 aromatic rings. The van der Waals surface area contributed by atoms with Crippen LogP contribution < -0.4 is 11.1 Å². The van der Waals surface area contributed by atoms with Crippen molar-refractivity contribution < 1.29 is 4.79 Å². The number of halogens is 3. The zero-order valence-electron chi connectivity index (χ0n) is 7.80. The fourth-order valence-corrected chi connectivity index (χ4v) is 1.22. The van der Waals surface area contributed by atoms with Crippen LogP contribution in [0.1, 0.15) is 10.4 Å². The lowest BCUT2D eigenvalue weighted by Crippen LogP contribution is -2.28. The molecular weight excluding hydrogens is 258 g/mol. The first-order valence-corrected chi connectivity index (χ1v) is 4.84. The molecule has 1 aromatic carbocycles. The Bertz CT molecular complexity index is 344. The molecule has 0 aliphatic heterocycles. The van der Waals surface area contributed by atoms with Crippen LogP contribution in [0.2, 0.25) is 10.0 Å². The fourth-order valence-electron chi connectivity index (χ4n) is 0.925. The largest absolute Gasteiger partial charge is 0.351 e. The van der Waals surface area contributed by atoms with Gasteiger partial charge in [-0.05, 0) is 18.2 Å². The van der Waals surface area contributed by atoms with E-state index in [1.54, 1.807) is 12.1 Å². The van der Waals surface area contributed by atoms with Gasteiger partial charge >= 0.3 is 0 Å². The molecule has 15 heavy (non-hydrogen) atoms. The minimum atomic E-state index is -0.200. The summed E-state index contributed by atoms with van der Waals surface area (Å²) in [6, 6.07) is 4.72. The molecule has 0 heterocycles. The van der Waals surface area contributed by atoms with Crippen LogP contribution in [-0.4, -0.2) is 19.0 Å². The minimum Gasteiger partial charge on any atom is -0.351 e. The molecule has 3 N–H and O–H groups in total. The molecule has 84 valence electrons. The highest BCUT2D eigenvalue weighted by Crippen LogP contribution is 2.22. The third-order valence-electron chi connectivity index (χ3n) is 1.61. The van der Waals surface area contributed by atoms with Gasteiger partial charge in [-0.15, -0.1) is 12.4 Å². The summed E-state index contributed by atoms with van der Waals surface area (Å²) in [4.78, 5) is 11.4. The molecule has 0 bridgehead atoms. The highest BCUT2D eigenvalue weighted by molar-refractivity contribution is 6.42. The maximum atomic E-state index is 11.4. The number of amides is 1. The van der Waals surface area contributed by atoms with Crippen LogP contribution in [0.4, 0.5) is 0 Å². The lowest BCUT2D eigenvalue weighted by molar-refractivity contribution is 0.0955. The average molecular weight is 270 g/mol. The van der Waals surface area contributed by atoms with Crippen molar-refractivity contribution in [3.05, 3.63) is 33.8 Å². The number of nitrogens with one attached hydrogen (secondary N) is 1. The number of nitrogens with two attached hydrogens (primary N) is 1. The zero-order valence-corrected chi connectivity index (χ0v) is 10.1. The van der Waals surface area contributed by atoms with Crippen LogP contribution in [0.15, 0.2) is 18.2 Å². The van der Waals surface area contributed by atoms with Gasteiger partial charge in [0.15, 0.2) is 0 Å². The van der Waals surface area contributed by atoms with Crippen molar-refractivity contribution in [2.24, 2.45) is 5.73 Å². The Morgan fingerprint density at radius 2 is 2.00 bits per heavy atom. The molecule has 0 atom stereocenters. The van der Waals surface area contributed by atoms with Crippen molar-refractivity contribution in [3.63, 3.8) is 0 Å². The Labute approximate surface area is 104 Å². The Morgan fingerprint density at radius 1 is 1.33 bits per heavy atom. The van der Waals surface area contributed by atoms with Crippen molar-refractivity contribution in [2.45, 2.75) is 0 Å². The van der Waals surface area contributed by atoms with Crippen molar-refractivity contribution in [1.82, 2.24) is 5.32 Å². The molecule has 6 heteroatoms. The summed E-state index contributed by atoms with van der Waals surface area (Å²) >= 11 is 11.5. The molecule has 0 aromatic heterocycles. The van der Waals surface area contributed by atoms with Crippen molar-refractivity contribution >= 4 is 41.5 Å². The van der Waals surface area contributed by atoms with E-state index in [4.69, 9.17) is 28.9 Å². The fraction of sp³-hybridized carbons (Fsp3) is 0.222. The van der Waals surface area contributed by atoms with Crippen molar-refractivity contribution in [2.75, 3.05) is 13.1 Å². The Balaban J connectivity index is 0.00000196. The van der Waals surface area contributed by atoms with Gasteiger partial charge in [0.2, 0.25) is 0 Å². The van der Waals surface area contributed by atoms with Gasteiger partial charge in [-0.2, -0.15) is 0 Å². The topological polar surface area (TPSA) is 55.1 Å². The predicted octanol–water partition coefficient (Wildman–Crippen LogP) is 2.10. The van der Waals surface area contributed by atoms with E-state index in [1.165, 1.54) is 6.07 Å². The number of benzene rings is 1. The first kappa shape index (κ1) is 14.5. The monoisotopic (exact) mass is 268 g/mol. The van der Waals surface area contributed by atoms with E-state index in [-0.39, 0.29) is 18.3 Å². The van der Waals surface area contributed by atoms with Crippen molar-refractivity contribution in [3.8, 4) is 0 Å². The molecule has 0 fully saturated rings. The van der Waals surface area contributed by atoms with E-state index in [0.29, 0.717) is 28.7 Å². The Hall–Kier alpha value is -0.480. The van der Waals surface area contributed by atoms with E-state index in [9.17, 15) is 4.79 Å². The molecule has 0 spiro atoms. The van der Waals surface area contributed by atoms with Crippen LogP contribution >= 0.6 is 35.6 Å². The van der Waals surface area contributed by atoms with E-state index in [1.807, 2.05) is 0 Å². The lowest BCUT2D eigenvalue weighted by atomic mass is 10.2. The number of carbonyl (C=O) groups excluding carboxylic acids is 1. The van der Waals surface area contributed by atoms with Gasteiger partial charge in [-0.1, -0.05) is 23.2 Å². The van der Waals surface area contributed by atoms with Gasteiger partial charge in [0.05, 0.1) is 10.0 Å². The summed E-state index contributed by atoms with van der Waals surface area (Å²) < 4.78 is 0. The zero-order chi connectivity index (χ0) is 10.6. The maximum absolute atomic E-state index is 11.4. The number of hydrogen-bond donors (Lipinski definition) is 2. The summed E-state index contributed by atoms with van der Waals surface area (Å²) in [5, 5.41) is 3.43. The standard InChI is InChI=1S/C9H10Cl2N2O.ClH/c10-7-2-1-6(5-8(7)11)9(14)13-4-3-12;/h1-2,5H,3-4,12H2,(H,13,14);1H. The van der Waals surface area contributed by atoms with Crippen LogP contribution in [-0.2, 0) is 0 Å². The molecule has 0 unspecified atom stereocenters. The van der Waals surface area contributed by atoms with Gasteiger partial charge in [0, 0.05) is 18.7 Å². The third kappa shape index (κ3) is 4.26. The molecule has 0 saturated heterocycles. The molecular formula is C9H11Cl3N2O. The molecule has 0 radical (unpaired) electrons. The minimum absolute atomic E-state index is 0. The first-order chi connectivity index (χ1) is 6.65. The van der Waals surface area contributed by atoms with Crippen LogP contribution in [0.5, 0.6) is 0 Å². The van der Waals surface area contributed by atoms with Gasteiger partial charge in [-0.3, -0.25) is 4.79 Å². The first-order valence-electron chi connectivity index (χ1n) is 4.08. The summed E-state index contributed by atoms with van der Waals surface area (Å²) in [6.45, 7) is 0.853. The molecule has 0 aliphatic rings. The highest BCUT2D eigenvalue weighted by atomic mass is 35.5. The van der Waals surface area contributed by atoms with Crippen molar-refractivity contribution in [1.29, 1.82) is 0 Å². The number of rotatable bonds is 3. The number of carbonyl (C=O) groups is 1. The maximum Gasteiger partial charge on any atom is 0.251 e. The smallest absolute Gasteiger partial charge is 0.251 e. The lowest BCUT2D eigenvalue weighted by Gasteiger charge is -2.04. The summed E-state index contributed by atoms with van der Waals surface area (Å²) in [7, 11) is 0. The van der Waals surface area contributed by atoms with Crippen LogP contribution in [0, 0.1) is 0 Å². The van der Waals surface area contributed by atoms with E-state index in [2.05, 4.69) is 5.32 Å². The quantitative estimate of drug-likeness (QED) is 0.883. The van der Waals surface area contributed by atoms with Gasteiger partial charge in [0.25, 0.3) is 5.91 Å². The second-order valence-electron chi connectivity index (χ2n) is 2.67. The predicted molar refractivity (Wildman–Crippen MR) is 65.1 cm³/mol. The van der Waals surface area contributed by atoms with E-state index in [0.717, 1.165) is 0 Å². The van der Waals surface area contributed by atoms with E-state index >= 15 is 0 Å². The average Bonchev–Trinajstić information content (AvgIpc) is 2.18. The molecule has 0 aliphatic carbocycles. The van der Waals surface area contributed by atoms with Gasteiger partial charge in [-0.25, -0.2) is 0 Å². The normalized spacial score (nSPS) is 9.27. The number of hydrogen-bond acceptors (Lipinski definition) is 2. The Kier molecular flexibility index (Phi) is 6.68. The molecule has 3 nitrogen and oxygen atoms in total. The highest BCUT2D eigenvalue weighted by Gasteiger charge is 2.06. The van der Waals surface area contributed by atoms with Gasteiger partial charge < -0.3 is 11.1 Å². The molecule has 1 amide bonds. The second kappa shape index (κ2) is 6.90. The summed E-state index contributed by atoms with van der Waals surface area (Å²) in [5.41, 5.74) is 5.73. The Morgan fingerprint density at radius 3 is 2.53 bits per heavy atom. The third-order valence-corrected chi connectivity index (χ3v) is 2.35. The second-order valence-corrected chi connectivity index (χ2v) is 3.49. The summed E-state index contributed by atoms with van der Waals surface area (Å²) in [5.74, 6) is -0.200. The van der Waals surface area contributed by atoms with Crippen LogP contribution in [0.25, 0.3) is 0 Å². The SMILES string of the molecule is Cl.NCCNC(=O)c1ccc(Cl)c(Cl)c1. The van der Waals surface area contributed by atoms with E-state index < -0.39 is 0 Å². The summed E-state index contributed by atoms with van der Waals surface area (Å²) in [6.07, 6.45) is 0. The van der Waals surface area contributed by atoms with Crippen LogP contribution in [0.3, 0.4) is 0 Å². The molecule has 1 rings (SSSR count). The molecule has 0 saturated carbocycles.